The van der Waals surface area contributed by atoms with Gasteiger partial charge in [-0.3, -0.25) is 0 Å². The predicted molar refractivity (Wildman–Crippen MR) is 76.3 cm³/mol. The van der Waals surface area contributed by atoms with Crippen LogP contribution in [0, 0.1) is 18.8 Å². The molecule has 2 N–H and O–H groups in total. The topological polar surface area (TPSA) is 48.4 Å². The van der Waals surface area contributed by atoms with Gasteiger partial charge in [-0.25, -0.2) is 4.98 Å². The van der Waals surface area contributed by atoms with Crippen LogP contribution in [0.4, 0.5) is 5.82 Å². The highest BCUT2D eigenvalue weighted by atomic mass is 16.3. The summed E-state index contributed by atoms with van der Waals surface area (Å²) in [6, 6.07) is 4.15. The van der Waals surface area contributed by atoms with Crippen LogP contribution in [-0.4, -0.2) is 36.3 Å². The second kappa shape index (κ2) is 4.46. The van der Waals surface area contributed by atoms with Gasteiger partial charge in [0.2, 0.25) is 0 Å². The Kier molecular flexibility index (Phi) is 3.02. The molecule has 104 valence electrons. The predicted octanol–water partition coefficient (Wildman–Crippen LogP) is 1.27. The minimum Gasteiger partial charge on any atom is -0.384 e. The molecule has 4 nitrogen and oxygen atoms in total. The van der Waals surface area contributed by atoms with Crippen molar-refractivity contribution in [2.24, 2.45) is 11.8 Å². The van der Waals surface area contributed by atoms with Crippen molar-refractivity contribution in [3.05, 3.63) is 23.4 Å². The lowest BCUT2D eigenvalue weighted by molar-refractivity contribution is 0.0732. The molecular weight excluding hydrogens is 238 g/mol. The molecule has 0 amide bonds. The number of nitrogens with one attached hydrogen (secondary N) is 1. The highest BCUT2D eigenvalue weighted by Crippen LogP contribution is 2.31. The van der Waals surface area contributed by atoms with E-state index >= 15 is 0 Å². The van der Waals surface area contributed by atoms with Gasteiger partial charge in [-0.15, -0.1) is 0 Å². The lowest BCUT2D eigenvalue weighted by Gasteiger charge is -2.24. The number of nitrogens with zero attached hydrogens (tertiary/aromatic N) is 2. The number of pyridine rings is 1. The minimum atomic E-state index is -0.878. The van der Waals surface area contributed by atoms with Gasteiger partial charge >= 0.3 is 0 Å². The zero-order valence-corrected chi connectivity index (χ0v) is 12.0. The minimum absolute atomic E-state index is 0.758. The quantitative estimate of drug-likeness (QED) is 0.842. The van der Waals surface area contributed by atoms with Crippen LogP contribution in [-0.2, 0) is 5.60 Å². The number of hydrogen-bond donors (Lipinski definition) is 2. The van der Waals surface area contributed by atoms with E-state index < -0.39 is 5.60 Å². The maximum Gasteiger partial charge on any atom is 0.128 e. The first-order valence-electron chi connectivity index (χ1n) is 7.11. The van der Waals surface area contributed by atoms with Gasteiger partial charge in [0, 0.05) is 26.2 Å². The molecule has 1 aromatic rings. The van der Waals surface area contributed by atoms with E-state index in [1.54, 1.807) is 13.8 Å². The maximum atomic E-state index is 10.2. The fraction of sp³-hybridized carbons (Fsp3) is 0.667. The van der Waals surface area contributed by atoms with Crippen LogP contribution in [0.25, 0.3) is 0 Å². The van der Waals surface area contributed by atoms with Gasteiger partial charge in [-0.2, -0.15) is 0 Å². The van der Waals surface area contributed by atoms with E-state index in [0.29, 0.717) is 0 Å². The van der Waals surface area contributed by atoms with Crippen LogP contribution in [0.3, 0.4) is 0 Å². The molecule has 2 saturated heterocycles. The van der Waals surface area contributed by atoms with Crippen molar-refractivity contribution >= 4 is 5.82 Å². The van der Waals surface area contributed by atoms with E-state index in [9.17, 15) is 5.11 Å². The van der Waals surface area contributed by atoms with Crippen LogP contribution >= 0.6 is 0 Å². The monoisotopic (exact) mass is 261 g/mol. The largest absolute Gasteiger partial charge is 0.384 e. The van der Waals surface area contributed by atoms with E-state index in [-0.39, 0.29) is 0 Å². The van der Waals surface area contributed by atoms with Gasteiger partial charge in [0.15, 0.2) is 0 Å². The Balaban J connectivity index is 1.86. The smallest absolute Gasteiger partial charge is 0.128 e. The summed E-state index contributed by atoms with van der Waals surface area (Å²) in [7, 11) is 0. The van der Waals surface area contributed by atoms with Gasteiger partial charge < -0.3 is 15.3 Å². The molecule has 2 aliphatic rings. The first-order chi connectivity index (χ1) is 8.95. The Morgan fingerprint density at radius 2 is 1.89 bits per heavy atom. The second-order valence-electron chi connectivity index (χ2n) is 6.48. The third-order valence-corrected chi connectivity index (χ3v) is 4.38. The third kappa shape index (κ3) is 2.35. The van der Waals surface area contributed by atoms with E-state index in [2.05, 4.69) is 22.3 Å². The van der Waals surface area contributed by atoms with E-state index in [1.807, 2.05) is 6.92 Å². The van der Waals surface area contributed by atoms with Gasteiger partial charge in [0.1, 0.15) is 11.4 Å². The molecule has 3 rings (SSSR count). The van der Waals surface area contributed by atoms with Crippen LogP contribution < -0.4 is 10.2 Å². The lowest BCUT2D eigenvalue weighted by Crippen LogP contribution is -2.28. The number of aryl methyl sites for hydroxylation is 1. The van der Waals surface area contributed by atoms with Crippen molar-refractivity contribution < 1.29 is 5.11 Å². The molecule has 0 aromatic carbocycles. The number of fused-ring (bicyclic) bond motifs is 1. The van der Waals surface area contributed by atoms with Crippen LogP contribution in [0.5, 0.6) is 0 Å². The average molecular weight is 261 g/mol. The third-order valence-electron chi connectivity index (χ3n) is 4.38. The van der Waals surface area contributed by atoms with Crippen molar-refractivity contribution in [1.82, 2.24) is 10.3 Å². The van der Waals surface area contributed by atoms with Crippen molar-refractivity contribution in [1.29, 1.82) is 0 Å². The van der Waals surface area contributed by atoms with Crippen molar-refractivity contribution in [3.63, 3.8) is 0 Å². The molecule has 2 atom stereocenters. The molecule has 0 spiro atoms. The van der Waals surface area contributed by atoms with E-state index in [0.717, 1.165) is 55.1 Å². The fourth-order valence-electron chi connectivity index (χ4n) is 3.36. The Bertz CT molecular complexity index is 469. The number of anilines is 1. The zero-order chi connectivity index (χ0) is 13.6. The molecule has 0 aliphatic carbocycles. The van der Waals surface area contributed by atoms with Crippen LogP contribution in [0.2, 0.25) is 0 Å². The van der Waals surface area contributed by atoms with E-state index in [1.165, 1.54) is 0 Å². The summed E-state index contributed by atoms with van der Waals surface area (Å²) in [5.41, 5.74) is 0.967. The Morgan fingerprint density at radius 3 is 2.47 bits per heavy atom. The number of rotatable bonds is 2. The molecule has 0 unspecified atom stereocenters. The lowest BCUT2D eigenvalue weighted by atomic mass is 10.0. The van der Waals surface area contributed by atoms with E-state index in [4.69, 9.17) is 4.98 Å². The molecule has 2 fully saturated rings. The maximum absolute atomic E-state index is 10.2. The highest BCUT2D eigenvalue weighted by molar-refractivity contribution is 5.44. The molecule has 4 heteroatoms. The normalized spacial score (nSPS) is 26.8. The van der Waals surface area contributed by atoms with Crippen LogP contribution in [0.15, 0.2) is 12.1 Å². The summed E-state index contributed by atoms with van der Waals surface area (Å²) in [6.07, 6.45) is 0. The van der Waals surface area contributed by atoms with Crippen LogP contribution in [0.1, 0.15) is 25.1 Å². The molecule has 3 heterocycles. The molecular formula is C15H23N3O. The first-order valence-corrected chi connectivity index (χ1v) is 7.11. The van der Waals surface area contributed by atoms with Gasteiger partial charge in [-0.1, -0.05) is 6.07 Å². The molecule has 0 saturated carbocycles. The second-order valence-corrected chi connectivity index (χ2v) is 6.48. The summed E-state index contributed by atoms with van der Waals surface area (Å²) in [6.45, 7) is 10.0. The summed E-state index contributed by atoms with van der Waals surface area (Å²) >= 11 is 0. The summed E-state index contributed by atoms with van der Waals surface area (Å²) < 4.78 is 0. The fourth-order valence-corrected chi connectivity index (χ4v) is 3.36. The van der Waals surface area contributed by atoms with Crippen molar-refractivity contribution in [2.75, 3.05) is 31.1 Å². The average Bonchev–Trinajstić information content (AvgIpc) is 2.88. The zero-order valence-electron chi connectivity index (χ0n) is 12.0. The Hall–Kier alpha value is -1.13. The van der Waals surface area contributed by atoms with Crippen molar-refractivity contribution in [3.8, 4) is 0 Å². The number of aromatic nitrogens is 1. The molecule has 0 bridgehead atoms. The Morgan fingerprint density at radius 1 is 1.26 bits per heavy atom. The van der Waals surface area contributed by atoms with Gasteiger partial charge in [0.25, 0.3) is 0 Å². The number of aliphatic hydroxyl groups is 1. The standard InChI is InChI=1S/C15H23N3O/c1-10-4-5-13(17-14(10)15(2,3)19)18-8-11-6-16-7-12(11)9-18/h4-5,11-12,16,19H,6-9H2,1-3H3/t11-,12+. The Labute approximate surface area is 114 Å². The number of hydrogen-bond acceptors (Lipinski definition) is 4. The summed E-state index contributed by atoms with van der Waals surface area (Å²) in [4.78, 5) is 7.07. The molecule has 1 aromatic heterocycles. The SMILES string of the molecule is Cc1ccc(N2C[C@H]3CNC[C@H]3C2)nc1C(C)(C)O. The van der Waals surface area contributed by atoms with Gasteiger partial charge in [-0.05, 0) is 44.2 Å². The highest BCUT2D eigenvalue weighted by Gasteiger charge is 2.36. The molecule has 19 heavy (non-hydrogen) atoms. The first kappa shape index (κ1) is 12.9. The molecule has 0 radical (unpaired) electrons. The summed E-state index contributed by atoms with van der Waals surface area (Å²) in [5, 5.41) is 13.7. The summed E-state index contributed by atoms with van der Waals surface area (Å²) in [5.74, 6) is 2.53. The van der Waals surface area contributed by atoms with Crippen molar-refractivity contribution in [2.45, 2.75) is 26.4 Å². The van der Waals surface area contributed by atoms with Gasteiger partial charge in [0.05, 0.1) is 5.69 Å². The molecule has 2 aliphatic heterocycles.